The number of nitrogens with zero attached hydrogens (tertiary/aromatic N) is 3. The van der Waals surface area contributed by atoms with Crippen molar-refractivity contribution in [3.63, 3.8) is 0 Å². The van der Waals surface area contributed by atoms with E-state index < -0.39 is 0 Å². The highest BCUT2D eigenvalue weighted by Gasteiger charge is 2.11. The topological polar surface area (TPSA) is 57.7 Å². The third kappa shape index (κ3) is 1.48. The molecule has 0 aliphatic heterocycles. The zero-order chi connectivity index (χ0) is 10.8. The van der Waals surface area contributed by atoms with Crippen LogP contribution in [0.1, 0.15) is 0 Å². The maximum absolute atomic E-state index is 4.21. The highest BCUT2D eigenvalue weighted by atomic mass is 15.4. The molecule has 5 nitrogen and oxygen atoms in total. The fraction of sp³-hybridized carbons (Fsp3) is 0. The van der Waals surface area contributed by atoms with E-state index in [-0.39, 0.29) is 0 Å². The molecule has 0 amide bonds. The molecule has 2 heterocycles. The summed E-state index contributed by atoms with van der Waals surface area (Å²) in [5, 5.41) is 10.3. The van der Waals surface area contributed by atoms with Gasteiger partial charge in [-0.15, -0.1) is 5.10 Å². The van der Waals surface area contributed by atoms with Crippen LogP contribution in [0, 0.1) is 0 Å². The second-order valence-electron chi connectivity index (χ2n) is 3.36. The minimum Gasteiger partial charge on any atom is -0.334 e. The number of benzene rings is 1. The number of hydrogen-bond acceptors (Lipinski definition) is 3. The van der Waals surface area contributed by atoms with E-state index in [1.165, 1.54) is 6.33 Å². The van der Waals surface area contributed by atoms with Gasteiger partial charge < -0.3 is 5.32 Å². The molecule has 16 heavy (non-hydrogen) atoms. The molecule has 0 spiro atoms. The van der Waals surface area contributed by atoms with Gasteiger partial charge in [-0.2, -0.15) is 0 Å². The van der Waals surface area contributed by atoms with Crippen LogP contribution in [-0.2, 0) is 0 Å². The van der Waals surface area contributed by atoms with E-state index in [4.69, 9.17) is 0 Å². The highest BCUT2D eigenvalue weighted by Crippen LogP contribution is 2.15. The summed E-state index contributed by atoms with van der Waals surface area (Å²) < 4.78 is 1.66. The molecule has 0 unspecified atom stereocenters. The second kappa shape index (κ2) is 3.62. The normalized spacial score (nSPS) is 10.5. The van der Waals surface area contributed by atoms with Gasteiger partial charge in [0.1, 0.15) is 0 Å². The number of anilines is 2. The number of H-pyrrole nitrogens is 1. The third-order valence-electron chi connectivity index (χ3n) is 2.30. The van der Waals surface area contributed by atoms with Gasteiger partial charge in [-0.1, -0.05) is 18.2 Å². The van der Waals surface area contributed by atoms with Crippen LogP contribution in [0.4, 0.5) is 11.5 Å². The van der Waals surface area contributed by atoms with E-state index in [1.54, 1.807) is 4.63 Å². The second-order valence-corrected chi connectivity index (χ2v) is 3.36. The Labute approximate surface area is 91.8 Å². The number of nitrogens with one attached hydrogen (secondary N) is 2. The highest BCUT2D eigenvalue weighted by molar-refractivity contribution is 5.68. The fourth-order valence-electron chi connectivity index (χ4n) is 1.56. The molecule has 3 aromatic rings. The van der Waals surface area contributed by atoms with Crippen LogP contribution in [-0.4, -0.2) is 15.2 Å². The third-order valence-corrected chi connectivity index (χ3v) is 2.30. The molecule has 78 valence electrons. The first-order chi connectivity index (χ1) is 7.93. The minimum absolute atomic E-state index is 0.780. The molecule has 0 atom stereocenters. The Hall–Kier alpha value is -2.43. The lowest BCUT2D eigenvalue weighted by Crippen LogP contribution is -2.28. The van der Waals surface area contributed by atoms with Crippen molar-refractivity contribution in [2.24, 2.45) is 0 Å². The molecule has 3 rings (SSSR count). The summed E-state index contributed by atoms with van der Waals surface area (Å²) in [4.78, 5) is 4.21. The van der Waals surface area contributed by atoms with Crippen LogP contribution >= 0.6 is 0 Å². The Kier molecular flexibility index (Phi) is 2.00. The summed E-state index contributed by atoms with van der Waals surface area (Å²) in [6, 6.07) is 11.8. The lowest BCUT2D eigenvalue weighted by Gasteiger charge is -2.01. The molecule has 0 saturated carbocycles. The van der Waals surface area contributed by atoms with Gasteiger partial charge in [-0.05, 0) is 12.1 Å². The van der Waals surface area contributed by atoms with Crippen LogP contribution in [0.3, 0.4) is 0 Å². The van der Waals surface area contributed by atoms with Gasteiger partial charge >= 0.3 is 5.52 Å². The molecule has 0 saturated heterocycles. The molecule has 0 bridgehead atoms. The Morgan fingerprint density at radius 2 is 2.00 bits per heavy atom. The first kappa shape index (κ1) is 8.84. The number of aromatic amines is 1. The molecule has 0 fully saturated rings. The summed E-state index contributed by atoms with van der Waals surface area (Å²) in [5.74, 6) is 0.780. The molecular formula is C11H10N5+. The average molecular weight is 212 g/mol. The lowest BCUT2D eigenvalue weighted by atomic mass is 10.3. The van der Waals surface area contributed by atoms with E-state index in [9.17, 15) is 0 Å². The van der Waals surface area contributed by atoms with Gasteiger partial charge in [-0.3, -0.25) is 0 Å². The van der Waals surface area contributed by atoms with Crippen molar-refractivity contribution < 1.29 is 4.63 Å². The van der Waals surface area contributed by atoms with Crippen LogP contribution in [0.25, 0.3) is 5.52 Å². The maximum Gasteiger partial charge on any atom is 0.309 e. The van der Waals surface area contributed by atoms with Crippen LogP contribution in [0.15, 0.2) is 48.9 Å². The molecule has 2 aromatic heterocycles. The number of hydrogen-bond donors (Lipinski definition) is 2. The molecule has 2 N–H and O–H groups in total. The first-order valence-corrected chi connectivity index (χ1v) is 4.96. The largest absolute Gasteiger partial charge is 0.334 e. The van der Waals surface area contributed by atoms with Crippen LogP contribution in [0.5, 0.6) is 0 Å². The van der Waals surface area contributed by atoms with Crippen LogP contribution < -0.4 is 9.95 Å². The average Bonchev–Trinajstić information content (AvgIpc) is 2.80. The molecule has 1 aromatic carbocycles. The maximum atomic E-state index is 4.21. The van der Waals surface area contributed by atoms with Crippen molar-refractivity contribution in [3.8, 4) is 0 Å². The predicted octanol–water partition coefficient (Wildman–Crippen LogP) is 1.29. The summed E-state index contributed by atoms with van der Waals surface area (Å²) in [7, 11) is 0. The zero-order valence-corrected chi connectivity index (χ0v) is 8.46. The van der Waals surface area contributed by atoms with Gasteiger partial charge in [0.05, 0.1) is 6.20 Å². The number of rotatable bonds is 2. The number of aromatic nitrogens is 4. The van der Waals surface area contributed by atoms with Crippen molar-refractivity contribution in [2.75, 3.05) is 5.32 Å². The van der Waals surface area contributed by atoms with E-state index in [1.807, 2.05) is 42.6 Å². The molecule has 5 heteroatoms. The number of para-hydroxylation sites is 1. The molecule has 0 radical (unpaired) electrons. The minimum atomic E-state index is 0.780. The van der Waals surface area contributed by atoms with E-state index in [0.717, 1.165) is 17.0 Å². The molecule has 0 aliphatic carbocycles. The Morgan fingerprint density at radius 3 is 2.88 bits per heavy atom. The first-order valence-electron chi connectivity index (χ1n) is 4.96. The van der Waals surface area contributed by atoms with E-state index in [2.05, 4.69) is 20.5 Å². The number of fused-ring (bicyclic) bond motifs is 1. The predicted molar refractivity (Wildman–Crippen MR) is 59.3 cm³/mol. The van der Waals surface area contributed by atoms with Crippen molar-refractivity contribution >= 4 is 17.0 Å². The smallest absolute Gasteiger partial charge is 0.309 e. The van der Waals surface area contributed by atoms with E-state index >= 15 is 0 Å². The zero-order valence-electron chi connectivity index (χ0n) is 8.46. The summed E-state index contributed by atoms with van der Waals surface area (Å²) in [6.07, 6.45) is 3.33. The van der Waals surface area contributed by atoms with Gasteiger partial charge in [0, 0.05) is 21.5 Å². The molecule has 0 aliphatic rings. The Bertz CT molecular complexity index is 602. The van der Waals surface area contributed by atoms with Gasteiger partial charge in [-0.25, -0.2) is 4.98 Å². The van der Waals surface area contributed by atoms with E-state index in [0.29, 0.717) is 0 Å². The van der Waals surface area contributed by atoms with Crippen molar-refractivity contribution in [3.05, 3.63) is 48.9 Å². The lowest BCUT2D eigenvalue weighted by molar-refractivity contribution is -0.640. The standard InChI is InChI=1S/C11H9N5/c1-2-4-9(5-3-1)15-11-10-6-7-13-16(10)14-8-12-11/h1-8H,(H,12,14,15)/p+1. The fourth-order valence-corrected chi connectivity index (χ4v) is 1.56. The van der Waals surface area contributed by atoms with Crippen LogP contribution in [0.2, 0.25) is 0 Å². The van der Waals surface area contributed by atoms with Gasteiger partial charge in [0.15, 0.2) is 6.33 Å². The SMILES string of the molecule is c1ccc(Nc2ncn[n+]3[nH]ccc23)cc1. The van der Waals surface area contributed by atoms with Gasteiger partial charge in [0.25, 0.3) is 0 Å². The Balaban J connectivity index is 2.04. The van der Waals surface area contributed by atoms with Crippen molar-refractivity contribution in [2.45, 2.75) is 0 Å². The Morgan fingerprint density at radius 1 is 1.12 bits per heavy atom. The summed E-state index contributed by atoms with van der Waals surface area (Å²) in [5.41, 5.74) is 1.91. The quantitative estimate of drug-likeness (QED) is 0.629. The van der Waals surface area contributed by atoms with Crippen molar-refractivity contribution in [1.29, 1.82) is 0 Å². The molecular weight excluding hydrogens is 202 g/mol. The monoisotopic (exact) mass is 212 g/mol. The van der Waals surface area contributed by atoms with Crippen molar-refractivity contribution in [1.82, 2.24) is 15.2 Å². The summed E-state index contributed by atoms with van der Waals surface area (Å²) >= 11 is 0. The van der Waals surface area contributed by atoms with Gasteiger partial charge in [0.2, 0.25) is 5.82 Å². The summed E-state index contributed by atoms with van der Waals surface area (Å²) in [6.45, 7) is 0.